The number of nitrogens with one attached hydrogen (secondary N) is 1. The summed E-state index contributed by atoms with van der Waals surface area (Å²) in [6, 6.07) is 5.15. The molecule has 0 fully saturated rings. The largest absolute Gasteiger partial charge is 0.321 e. The minimum Gasteiger partial charge on any atom is -0.321 e. The van der Waals surface area contributed by atoms with E-state index in [0.29, 0.717) is 21.3 Å². The SMILES string of the molecule is Cc1scc(C(=O)Nc2cccc(Cl)c2Cl)c1C. The molecule has 0 aliphatic heterocycles. The Labute approximate surface area is 120 Å². The van der Waals surface area contributed by atoms with Crippen molar-refractivity contribution in [3.63, 3.8) is 0 Å². The lowest BCUT2D eigenvalue weighted by Crippen LogP contribution is -2.12. The first-order valence-corrected chi connectivity index (χ1v) is 6.94. The number of benzene rings is 1. The van der Waals surface area contributed by atoms with Gasteiger partial charge in [0.1, 0.15) is 0 Å². The van der Waals surface area contributed by atoms with Crippen LogP contribution in [0, 0.1) is 13.8 Å². The number of carbonyl (C=O) groups excluding carboxylic acids is 1. The maximum Gasteiger partial charge on any atom is 0.256 e. The third kappa shape index (κ3) is 2.53. The Bertz CT molecular complexity index is 607. The van der Waals surface area contributed by atoms with Gasteiger partial charge in [-0.1, -0.05) is 29.3 Å². The zero-order chi connectivity index (χ0) is 13.3. The number of hydrogen-bond donors (Lipinski definition) is 1. The van der Waals surface area contributed by atoms with E-state index in [0.717, 1.165) is 10.4 Å². The van der Waals surface area contributed by atoms with Crippen LogP contribution >= 0.6 is 34.5 Å². The monoisotopic (exact) mass is 299 g/mol. The Morgan fingerprint density at radius 1 is 1.28 bits per heavy atom. The van der Waals surface area contributed by atoms with E-state index < -0.39 is 0 Å². The number of amides is 1. The summed E-state index contributed by atoms with van der Waals surface area (Å²) in [5.74, 6) is -0.166. The van der Waals surface area contributed by atoms with E-state index >= 15 is 0 Å². The van der Waals surface area contributed by atoms with Crippen molar-refractivity contribution in [3.8, 4) is 0 Å². The first-order chi connectivity index (χ1) is 8.50. The molecule has 1 amide bonds. The van der Waals surface area contributed by atoms with Crippen molar-refractivity contribution in [1.82, 2.24) is 0 Å². The summed E-state index contributed by atoms with van der Waals surface area (Å²) in [6.07, 6.45) is 0. The molecular formula is C13H11Cl2NOS. The van der Waals surface area contributed by atoms with Gasteiger partial charge in [-0.3, -0.25) is 4.79 Å². The Morgan fingerprint density at radius 2 is 2.00 bits per heavy atom. The summed E-state index contributed by atoms with van der Waals surface area (Å²) in [7, 11) is 0. The molecule has 2 aromatic rings. The van der Waals surface area contributed by atoms with Gasteiger partial charge in [-0.2, -0.15) is 0 Å². The molecule has 2 nitrogen and oxygen atoms in total. The molecule has 5 heteroatoms. The second kappa shape index (κ2) is 5.31. The molecule has 18 heavy (non-hydrogen) atoms. The van der Waals surface area contributed by atoms with Crippen molar-refractivity contribution in [2.45, 2.75) is 13.8 Å². The standard InChI is InChI=1S/C13H11Cl2NOS/c1-7-8(2)18-6-9(7)13(17)16-11-5-3-4-10(14)12(11)15/h3-6H,1-2H3,(H,16,17). The van der Waals surface area contributed by atoms with Crippen molar-refractivity contribution >= 4 is 46.1 Å². The molecule has 1 N–H and O–H groups in total. The van der Waals surface area contributed by atoms with Gasteiger partial charge in [0.15, 0.2) is 0 Å². The normalized spacial score (nSPS) is 10.4. The van der Waals surface area contributed by atoms with Crippen molar-refractivity contribution in [3.05, 3.63) is 49.6 Å². The van der Waals surface area contributed by atoms with E-state index in [1.807, 2.05) is 19.2 Å². The van der Waals surface area contributed by atoms with Crippen LogP contribution in [0.15, 0.2) is 23.6 Å². The molecule has 94 valence electrons. The Morgan fingerprint density at radius 3 is 2.61 bits per heavy atom. The Hall–Kier alpha value is -1.03. The summed E-state index contributed by atoms with van der Waals surface area (Å²) in [5.41, 5.74) is 2.20. The number of halogens is 2. The molecule has 0 saturated heterocycles. The van der Waals surface area contributed by atoms with Gasteiger partial charge >= 0.3 is 0 Å². The molecule has 1 heterocycles. The number of carbonyl (C=O) groups is 1. The number of hydrogen-bond acceptors (Lipinski definition) is 2. The molecule has 0 atom stereocenters. The summed E-state index contributed by atoms with van der Waals surface area (Å²) >= 11 is 13.5. The minimum atomic E-state index is -0.166. The molecule has 0 aliphatic rings. The zero-order valence-electron chi connectivity index (χ0n) is 9.88. The fourth-order valence-corrected chi connectivity index (χ4v) is 2.74. The first-order valence-electron chi connectivity index (χ1n) is 5.30. The van der Waals surface area contributed by atoms with Crippen molar-refractivity contribution in [1.29, 1.82) is 0 Å². The Kier molecular flexibility index (Phi) is 3.95. The number of rotatable bonds is 2. The molecule has 0 bridgehead atoms. The summed E-state index contributed by atoms with van der Waals surface area (Å²) in [6.45, 7) is 3.92. The average Bonchev–Trinajstić information content (AvgIpc) is 2.66. The van der Waals surface area contributed by atoms with Gasteiger partial charge in [0.2, 0.25) is 0 Å². The molecular weight excluding hydrogens is 289 g/mol. The topological polar surface area (TPSA) is 29.1 Å². The lowest BCUT2D eigenvalue weighted by Gasteiger charge is -2.08. The molecule has 1 aromatic heterocycles. The van der Waals surface area contributed by atoms with Gasteiger partial charge in [-0.05, 0) is 31.5 Å². The van der Waals surface area contributed by atoms with E-state index in [1.165, 1.54) is 0 Å². The maximum absolute atomic E-state index is 12.1. The van der Waals surface area contributed by atoms with Crippen LogP contribution in [-0.4, -0.2) is 5.91 Å². The van der Waals surface area contributed by atoms with Crippen LogP contribution in [0.4, 0.5) is 5.69 Å². The van der Waals surface area contributed by atoms with E-state index in [9.17, 15) is 4.79 Å². The predicted octanol–water partition coefficient (Wildman–Crippen LogP) is 4.92. The molecule has 1 aromatic carbocycles. The van der Waals surface area contributed by atoms with Crippen LogP contribution in [0.1, 0.15) is 20.8 Å². The predicted molar refractivity (Wildman–Crippen MR) is 78.2 cm³/mol. The van der Waals surface area contributed by atoms with Crippen LogP contribution in [-0.2, 0) is 0 Å². The van der Waals surface area contributed by atoms with Gasteiger partial charge in [0.25, 0.3) is 5.91 Å². The summed E-state index contributed by atoms with van der Waals surface area (Å²) in [5, 5.41) is 5.40. The molecule has 2 rings (SSSR count). The van der Waals surface area contributed by atoms with E-state index in [-0.39, 0.29) is 5.91 Å². The van der Waals surface area contributed by atoms with Crippen LogP contribution in [0.2, 0.25) is 10.0 Å². The van der Waals surface area contributed by atoms with Crippen molar-refractivity contribution < 1.29 is 4.79 Å². The minimum absolute atomic E-state index is 0.166. The zero-order valence-corrected chi connectivity index (χ0v) is 12.2. The quantitative estimate of drug-likeness (QED) is 0.837. The van der Waals surface area contributed by atoms with Gasteiger partial charge in [0, 0.05) is 10.3 Å². The smallest absolute Gasteiger partial charge is 0.256 e. The highest BCUT2D eigenvalue weighted by atomic mass is 35.5. The third-order valence-electron chi connectivity index (χ3n) is 2.73. The highest BCUT2D eigenvalue weighted by molar-refractivity contribution is 7.10. The molecule has 0 saturated carbocycles. The Balaban J connectivity index is 2.27. The maximum atomic E-state index is 12.1. The van der Waals surface area contributed by atoms with E-state index in [1.54, 1.807) is 29.5 Å². The lowest BCUT2D eigenvalue weighted by molar-refractivity contribution is 0.102. The highest BCUT2D eigenvalue weighted by Crippen LogP contribution is 2.30. The lowest BCUT2D eigenvalue weighted by atomic mass is 10.1. The van der Waals surface area contributed by atoms with Crippen LogP contribution in [0.3, 0.4) is 0 Å². The van der Waals surface area contributed by atoms with Gasteiger partial charge in [0.05, 0.1) is 21.3 Å². The fraction of sp³-hybridized carbons (Fsp3) is 0.154. The van der Waals surface area contributed by atoms with Gasteiger partial charge in [-0.25, -0.2) is 0 Å². The molecule has 0 aliphatic carbocycles. The fourth-order valence-electron chi connectivity index (χ4n) is 1.53. The highest BCUT2D eigenvalue weighted by Gasteiger charge is 2.14. The number of thiophene rings is 1. The van der Waals surface area contributed by atoms with E-state index in [2.05, 4.69) is 5.32 Å². The third-order valence-corrected chi connectivity index (χ3v) is 4.56. The van der Waals surface area contributed by atoms with Gasteiger partial charge < -0.3 is 5.32 Å². The summed E-state index contributed by atoms with van der Waals surface area (Å²) in [4.78, 5) is 13.2. The number of anilines is 1. The first kappa shape index (κ1) is 13.4. The van der Waals surface area contributed by atoms with Gasteiger partial charge in [-0.15, -0.1) is 11.3 Å². The van der Waals surface area contributed by atoms with E-state index in [4.69, 9.17) is 23.2 Å². The summed E-state index contributed by atoms with van der Waals surface area (Å²) < 4.78 is 0. The van der Waals surface area contributed by atoms with Crippen molar-refractivity contribution in [2.75, 3.05) is 5.32 Å². The molecule has 0 radical (unpaired) electrons. The second-order valence-electron chi connectivity index (χ2n) is 3.89. The van der Waals surface area contributed by atoms with Crippen LogP contribution < -0.4 is 5.32 Å². The average molecular weight is 300 g/mol. The molecule has 0 unspecified atom stereocenters. The number of aryl methyl sites for hydroxylation is 1. The van der Waals surface area contributed by atoms with Crippen LogP contribution in [0.25, 0.3) is 0 Å². The second-order valence-corrected chi connectivity index (χ2v) is 5.76. The van der Waals surface area contributed by atoms with Crippen molar-refractivity contribution in [2.24, 2.45) is 0 Å². The molecule has 0 spiro atoms. The van der Waals surface area contributed by atoms with Crippen LogP contribution in [0.5, 0.6) is 0 Å².